The van der Waals surface area contributed by atoms with Crippen molar-refractivity contribution in [2.24, 2.45) is 16.8 Å². The van der Waals surface area contributed by atoms with Gasteiger partial charge in [0.1, 0.15) is 12.4 Å². The molecule has 0 aromatic carbocycles. The van der Waals surface area contributed by atoms with Gasteiger partial charge >= 0.3 is 5.97 Å². The first-order chi connectivity index (χ1) is 11.2. The summed E-state index contributed by atoms with van der Waals surface area (Å²) in [5, 5.41) is 3.26. The van der Waals surface area contributed by atoms with Crippen molar-refractivity contribution in [1.29, 1.82) is 0 Å². The number of esters is 1. The minimum Gasteiger partial charge on any atom is -0.490 e. The molecule has 126 valence electrons. The molecule has 0 radical (unpaired) electrons. The van der Waals surface area contributed by atoms with Gasteiger partial charge in [-0.15, -0.1) is 0 Å². The molecule has 0 saturated carbocycles. The first-order valence-electron chi connectivity index (χ1n) is 7.72. The second-order valence-electron chi connectivity index (χ2n) is 5.52. The summed E-state index contributed by atoms with van der Waals surface area (Å²) in [5.41, 5.74) is 0. The van der Waals surface area contributed by atoms with E-state index in [4.69, 9.17) is 9.47 Å². The molecule has 2 unspecified atom stereocenters. The number of nitrogens with zero attached hydrogens (tertiary/aromatic N) is 3. The number of ether oxygens (including phenoxy) is 2. The van der Waals surface area contributed by atoms with Gasteiger partial charge in [0.15, 0.2) is 5.96 Å². The van der Waals surface area contributed by atoms with Crippen LogP contribution in [-0.2, 0) is 9.53 Å². The van der Waals surface area contributed by atoms with Gasteiger partial charge in [0.05, 0.1) is 25.8 Å². The van der Waals surface area contributed by atoms with Crippen LogP contribution in [0.1, 0.15) is 6.92 Å². The number of aliphatic imine (C=N–C) groups is 1. The van der Waals surface area contributed by atoms with E-state index in [9.17, 15) is 4.79 Å². The second-order valence-corrected chi connectivity index (χ2v) is 5.52. The summed E-state index contributed by atoms with van der Waals surface area (Å²) in [4.78, 5) is 22.1. The van der Waals surface area contributed by atoms with E-state index in [2.05, 4.69) is 27.1 Å². The lowest BCUT2D eigenvalue weighted by Gasteiger charge is -2.21. The van der Waals surface area contributed by atoms with Gasteiger partial charge in [0.2, 0.25) is 0 Å². The Hall–Kier alpha value is -2.31. The molecule has 1 saturated heterocycles. The molecule has 0 spiro atoms. The molecular formula is C16H24N4O3. The Balaban J connectivity index is 1.78. The van der Waals surface area contributed by atoms with Gasteiger partial charge in [-0.05, 0) is 18.1 Å². The van der Waals surface area contributed by atoms with Crippen molar-refractivity contribution in [2.75, 3.05) is 40.4 Å². The largest absolute Gasteiger partial charge is 0.490 e. The lowest BCUT2D eigenvalue weighted by molar-refractivity contribution is -0.145. The Morgan fingerprint density at radius 1 is 1.52 bits per heavy atom. The molecule has 7 nitrogen and oxygen atoms in total. The van der Waals surface area contributed by atoms with Crippen LogP contribution >= 0.6 is 0 Å². The van der Waals surface area contributed by atoms with Gasteiger partial charge in [-0.25, -0.2) is 0 Å². The number of guanidine groups is 1. The molecule has 1 aromatic heterocycles. The van der Waals surface area contributed by atoms with Crippen LogP contribution in [0.3, 0.4) is 0 Å². The third-order valence-corrected chi connectivity index (χ3v) is 3.92. The van der Waals surface area contributed by atoms with Gasteiger partial charge < -0.3 is 19.7 Å². The highest BCUT2D eigenvalue weighted by Crippen LogP contribution is 2.23. The van der Waals surface area contributed by atoms with E-state index in [1.54, 1.807) is 19.4 Å². The molecule has 0 amide bonds. The summed E-state index contributed by atoms with van der Waals surface area (Å²) < 4.78 is 10.5. The highest BCUT2D eigenvalue weighted by atomic mass is 16.5. The van der Waals surface area contributed by atoms with Crippen LogP contribution in [0.4, 0.5) is 0 Å². The standard InChI is InChI=1S/C16H24N4O3/c1-12-10-20(11-14(12)15(21)22-3)16(17-2)19-7-8-23-13-5-4-6-18-9-13/h4-6,9,12,14H,7-8,10-11H2,1-3H3,(H,17,19). The van der Waals surface area contributed by atoms with Gasteiger partial charge in [0.25, 0.3) is 0 Å². The van der Waals surface area contributed by atoms with Crippen LogP contribution in [0, 0.1) is 11.8 Å². The summed E-state index contributed by atoms with van der Waals surface area (Å²) in [6, 6.07) is 3.70. The highest BCUT2D eigenvalue weighted by Gasteiger charge is 2.36. The fourth-order valence-electron chi connectivity index (χ4n) is 2.69. The monoisotopic (exact) mass is 320 g/mol. The van der Waals surface area contributed by atoms with Gasteiger partial charge in [-0.1, -0.05) is 6.92 Å². The number of rotatable bonds is 5. The zero-order valence-corrected chi connectivity index (χ0v) is 13.9. The molecule has 1 aliphatic rings. The zero-order chi connectivity index (χ0) is 16.7. The molecule has 0 bridgehead atoms. The Labute approximate surface area is 136 Å². The molecule has 7 heteroatoms. The van der Waals surface area contributed by atoms with Gasteiger partial charge in [0, 0.05) is 26.3 Å². The number of nitrogens with one attached hydrogen (secondary N) is 1. The first kappa shape index (κ1) is 17.1. The number of pyridine rings is 1. The highest BCUT2D eigenvalue weighted by molar-refractivity contribution is 5.82. The molecule has 0 aliphatic carbocycles. The van der Waals surface area contributed by atoms with Crippen molar-refractivity contribution in [3.05, 3.63) is 24.5 Å². The van der Waals surface area contributed by atoms with Crippen LogP contribution in [0.25, 0.3) is 0 Å². The lowest BCUT2D eigenvalue weighted by Crippen LogP contribution is -2.42. The third-order valence-electron chi connectivity index (χ3n) is 3.92. The van der Waals surface area contributed by atoms with E-state index < -0.39 is 0 Å². The number of likely N-dealkylation sites (tertiary alicyclic amines) is 1. The number of aromatic nitrogens is 1. The summed E-state index contributed by atoms with van der Waals surface area (Å²) >= 11 is 0. The van der Waals surface area contributed by atoms with Crippen LogP contribution < -0.4 is 10.1 Å². The molecule has 1 N–H and O–H groups in total. The maximum absolute atomic E-state index is 11.8. The maximum atomic E-state index is 11.8. The van der Waals surface area contributed by atoms with Crippen molar-refractivity contribution in [3.8, 4) is 5.75 Å². The molecule has 2 atom stereocenters. The van der Waals surface area contributed by atoms with Crippen molar-refractivity contribution in [1.82, 2.24) is 15.2 Å². The number of carbonyl (C=O) groups is 1. The van der Waals surface area contributed by atoms with Crippen molar-refractivity contribution in [2.45, 2.75) is 6.92 Å². The molecule has 1 fully saturated rings. The molecule has 23 heavy (non-hydrogen) atoms. The Kier molecular flexibility index (Phi) is 6.19. The number of methoxy groups -OCH3 is 1. The van der Waals surface area contributed by atoms with E-state index >= 15 is 0 Å². The zero-order valence-electron chi connectivity index (χ0n) is 13.9. The van der Waals surface area contributed by atoms with E-state index in [1.807, 2.05) is 12.1 Å². The van der Waals surface area contributed by atoms with Crippen molar-refractivity contribution in [3.63, 3.8) is 0 Å². The predicted octanol–water partition coefficient (Wildman–Crippen LogP) is 0.777. The van der Waals surface area contributed by atoms with Gasteiger partial charge in [-0.3, -0.25) is 14.8 Å². The molecule has 1 aromatic rings. The molecular weight excluding hydrogens is 296 g/mol. The van der Waals surface area contributed by atoms with Crippen LogP contribution in [0.5, 0.6) is 5.75 Å². The van der Waals surface area contributed by atoms with Crippen LogP contribution in [0.15, 0.2) is 29.5 Å². The lowest BCUT2D eigenvalue weighted by atomic mass is 9.99. The third kappa shape index (κ3) is 4.58. The summed E-state index contributed by atoms with van der Waals surface area (Å²) in [6.07, 6.45) is 3.39. The van der Waals surface area contributed by atoms with Crippen molar-refractivity contribution < 1.29 is 14.3 Å². The van der Waals surface area contributed by atoms with Crippen LogP contribution in [0.2, 0.25) is 0 Å². The van der Waals surface area contributed by atoms with E-state index in [0.717, 1.165) is 18.3 Å². The van der Waals surface area contributed by atoms with Crippen LogP contribution in [-0.4, -0.2) is 62.2 Å². The normalized spacial score (nSPS) is 21.2. The van der Waals surface area contributed by atoms with E-state index in [-0.39, 0.29) is 17.8 Å². The van der Waals surface area contributed by atoms with Crippen molar-refractivity contribution >= 4 is 11.9 Å². The molecule has 2 heterocycles. The Bertz CT molecular complexity index is 535. The quantitative estimate of drug-likeness (QED) is 0.374. The average Bonchev–Trinajstić information content (AvgIpc) is 2.96. The first-order valence-corrected chi connectivity index (χ1v) is 7.72. The van der Waals surface area contributed by atoms with Gasteiger partial charge in [-0.2, -0.15) is 0 Å². The molecule has 1 aliphatic heterocycles. The van der Waals surface area contributed by atoms with E-state index in [0.29, 0.717) is 19.7 Å². The number of hydrogen-bond acceptors (Lipinski definition) is 5. The fraction of sp³-hybridized carbons (Fsp3) is 0.562. The topological polar surface area (TPSA) is 76.1 Å². The maximum Gasteiger partial charge on any atom is 0.310 e. The summed E-state index contributed by atoms with van der Waals surface area (Å²) in [7, 11) is 3.17. The second kappa shape index (κ2) is 8.36. The fourth-order valence-corrected chi connectivity index (χ4v) is 2.69. The number of carbonyl (C=O) groups excluding carboxylic acids is 1. The summed E-state index contributed by atoms with van der Waals surface area (Å²) in [5.74, 6) is 1.50. The predicted molar refractivity (Wildman–Crippen MR) is 87.3 cm³/mol. The Morgan fingerprint density at radius 2 is 2.35 bits per heavy atom. The number of hydrogen-bond donors (Lipinski definition) is 1. The summed E-state index contributed by atoms with van der Waals surface area (Å²) in [6.45, 7) is 4.59. The average molecular weight is 320 g/mol. The van der Waals surface area contributed by atoms with E-state index in [1.165, 1.54) is 7.11 Å². The molecule has 2 rings (SSSR count). The smallest absolute Gasteiger partial charge is 0.310 e. The minimum atomic E-state index is -0.157. The minimum absolute atomic E-state index is 0.106. The SMILES string of the molecule is CN=C(NCCOc1cccnc1)N1CC(C)C(C(=O)OC)C1. The Morgan fingerprint density at radius 3 is 3.00 bits per heavy atom.